The van der Waals surface area contributed by atoms with Crippen LogP contribution >= 0.6 is 11.8 Å². The molecule has 4 atom stereocenters. The number of hydrogen-bond donors (Lipinski definition) is 7. The van der Waals surface area contributed by atoms with Crippen LogP contribution in [0.15, 0.2) is 96.1 Å². The molecular weight excluding hydrogens is 789 g/mol. The van der Waals surface area contributed by atoms with Crippen LogP contribution in [-0.4, -0.2) is 94.6 Å². The predicted molar refractivity (Wildman–Crippen MR) is 217 cm³/mol. The summed E-state index contributed by atoms with van der Waals surface area (Å²) in [6, 6.07) is 20.6. The summed E-state index contributed by atoms with van der Waals surface area (Å²) >= 11 is 1.37. The van der Waals surface area contributed by atoms with Gasteiger partial charge >= 0.3 is 18.0 Å². The van der Waals surface area contributed by atoms with Gasteiger partial charge in [0.1, 0.15) is 42.5 Å². The number of guanidine groups is 1. The van der Waals surface area contributed by atoms with Crippen LogP contribution in [0, 0.1) is 10.1 Å². The Morgan fingerprint density at radius 1 is 0.729 bits per heavy atom. The zero-order valence-corrected chi connectivity index (χ0v) is 33.1. The van der Waals surface area contributed by atoms with Gasteiger partial charge in [0, 0.05) is 13.0 Å². The number of nitrogens with zero attached hydrogens (tertiary/aromatic N) is 2. The first-order chi connectivity index (χ1) is 28.3. The lowest BCUT2D eigenvalue weighted by Gasteiger charge is -2.26. The van der Waals surface area contributed by atoms with E-state index < -0.39 is 77.3 Å². The molecule has 316 valence electrons. The number of carboxylic acid groups (broad SMARTS) is 1. The molecule has 0 aliphatic carbocycles. The van der Waals surface area contributed by atoms with Crippen LogP contribution in [0.1, 0.15) is 42.4 Å². The van der Waals surface area contributed by atoms with Gasteiger partial charge in [0.05, 0.1) is 6.42 Å². The zero-order valence-electron chi connectivity index (χ0n) is 32.2. The number of carbonyl (C=O) groups is 6. The molecule has 0 aliphatic heterocycles. The molecule has 0 fully saturated rings. The Labute approximate surface area is 344 Å². The maximum atomic E-state index is 14.0. The normalized spacial score (nSPS) is 13.0. The molecule has 8 N–H and O–H groups in total. The van der Waals surface area contributed by atoms with Crippen LogP contribution in [-0.2, 0) is 53.1 Å². The van der Waals surface area contributed by atoms with Crippen molar-refractivity contribution < 1.29 is 48.4 Å². The molecule has 3 rings (SSSR count). The van der Waals surface area contributed by atoms with E-state index in [4.69, 9.17) is 15.2 Å². The average Bonchev–Trinajstić information content (AvgIpc) is 3.22. The Balaban J connectivity index is 1.79. The molecule has 0 saturated carbocycles. The average molecular weight is 837 g/mol. The van der Waals surface area contributed by atoms with Crippen molar-refractivity contribution in [3.63, 3.8) is 0 Å². The fraction of sp³-hybridized carbons (Fsp3) is 0.359. The number of nitrogens with two attached hydrogens (primary N) is 1. The second-order valence-electron chi connectivity index (χ2n) is 12.9. The topological polar surface area (TPSA) is 283 Å². The summed E-state index contributed by atoms with van der Waals surface area (Å²) in [5.74, 6) is -4.83. The van der Waals surface area contributed by atoms with Crippen LogP contribution in [0.2, 0.25) is 0 Å². The van der Waals surface area contributed by atoms with E-state index >= 15 is 0 Å². The lowest BCUT2D eigenvalue weighted by atomic mass is 10.0. The highest BCUT2D eigenvalue weighted by Crippen LogP contribution is 2.10. The Hall–Kier alpha value is -6.70. The highest BCUT2D eigenvalue weighted by atomic mass is 32.2. The molecule has 3 aromatic rings. The minimum atomic E-state index is -1.56. The molecule has 4 amide bonds. The molecule has 0 saturated heterocycles. The number of rotatable bonds is 24. The number of alkyl carbamates (subject to hydrolysis) is 1. The third-order valence-electron chi connectivity index (χ3n) is 8.37. The van der Waals surface area contributed by atoms with Gasteiger partial charge < -0.3 is 46.9 Å². The second kappa shape index (κ2) is 25.5. The molecule has 0 aromatic heterocycles. The number of aliphatic carboxylic acids is 1. The Morgan fingerprint density at radius 3 is 1.80 bits per heavy atom. The minimum absolute atomic E-state index is 0.0156. The van der Waals surface area contributed by atoms with Crippen molar-refractivity contribution in [3.05, 3.63) is 118 Å². The fourth-order valence-electron chi connectivity index (χ4n) is 5.36. The quantitative estimate of drug-likeness (QED) is 0.0169. The number of nitro groups is 1. The van der Waals surface area contributed by atoms with Gasteiger partial charge in [0.25, 0.3) is 5.96 Å². The molecular formula is C39H48N8O11S. The maximum Gasteiger partial charge on any atom is 0.408 e. The molecule has 19 nitrogen and oxygen atoms in total. The number of carboxylic acids is 1. The highest BCUT2D eigenvalue weighted by Gasteiger charge is 2.32. The van der Waals surface area contributed by atoms with E-state index in [1.807, 2.05) is 0 Å². The smallest absolute Gasteiger partial charge is 0.408 e. The summed E-state index contributed by atoms with van der Waals surface area (Å²) in [6.07, 6.45) is 0.153. The largest absolute Gasteiger partial charge is 0.480 e. The van der Waals surface area contributed by atoms with E-state index in [9.17, 15) is 44.0 Å². The van der Waals surface area contributed by atoms with E-state index in [0.717, 1.165) is 0 Å². The van der Waals surface area contributed by atoms with Crippen molar-refractivity contribution in [1.29, 1.82) is 0 Å². The summed E-state index contributed by atoms with van der Waals surface area (Å²) in [4.78, 5) is 89.9. The number of hydrogen-bond acceptors (Lipinski definition) is 11. The van der Waals surface area contributed by atoms with Crippen molar-refractivity contribution in [3.8, 4) is 0 Å². The number of benzene rings is 3. The van der Waals surface area contributed by atoms with Gasteiger partial charge in [-0.15, -0.1) is 0 Å². The van der Waals surface area contributed by atoms with Gasteiger partial charge in [0.15, 0.2) is 5.03 Å². The number of amides is 4. The van der Waals surface area contributed by atoms with Crippen molar-refractivity contribution in [2.75, 3.05) is 18.6 Å². The predicted octanol–water partition coefficient (Wildman–Crippen LogP) is 1.83. The van der Waals surface area contributed by atoms with Crippen molar-refractivity contribution >= 4 is 53.5 Å². The molecule has 0 radical (unpaired) electrons. The van der Waals surface area contributed by atoms with E-state index in [-0.39, 0.29) is 45.4 Å². The third kappa shape index (κ3) is 18.4. The summed E-state index contributed by atoms with van der Waals surface area (Å²) in [6.45, 7) is -0.218. The SMILES string of the molecule is CSCC[C@H](NC(=O)[C@H](Cc1ccccc1)NC(=O)[C@H](CC(=O)OCc1ccccc1)NC(=O)OCc1ccccc1)C(=O)N[C@@H](CCCN/C(N)=N/[N+](=O)[O-])C(=O)O. The lowest BCUT2D eigenvalue weighted by molar-refractivity contribution is -0.485. The molecule has 0 aliphatic rings. The number of carbonyl (C=O) groups excluding carboxylic acids is 5. The van der Waals surface area contributed by atoms with E-state index in [1.54, 1.807) is 97.3 Å². The fourth-order valence-corrected chi connectivity index (χ4v) is 5.84. The summed E-state index contributed by atoms with van der Waals surface area (Å²) in [7, 11) is 0. The van der Waals surface area contributed by atoms with Crippen LogP contribution < -0.4 is 32.3 Å². The third-order valence-corrected chi connectivity index (χ3v) is 9.02. The first kappa shape index (κ1) is 46.7. The van der Waals surface area contributed by atoms with Crippen LogP contribution in [0.4, 0.5) is 4.79 Å². The summed E-state index contributed by atoms with van der Waals surface area (Å²) < 4.78 is 10.7. The monoisotopic (exact) mass is 836 g/mol. The van der Waals surface area contributed by atoms with Gasteiger partial charge in [-0.25, -0.2) is 19.7 Å². The van der Waals surface area contributed by atoms with Gasteiger partial charge in [0.2, 0.25) is 17.7 Å². The van der Waals surface area contributed by atoms with Crippen molar-refractivity contribution in [2.45, 2.75) is 69.5 Å². The number of ether oxygens (including phenoxy) is 2. The zero-order chi connectivity index (χ0) is 43.0. The van der Waals surface area contributed by atoms with Crippen LogP contribution in [0.3, 0.4) is 0 Å². The van der Waals surface area contributed by atoms with Crippen molar-refractivity contribution in [2.24, 2.45) is 10.8 Å². The molecule has 3 aromatic carbocycles. The van der Waals surface area contributed by atoms with Gasteiger partial charge in [-0.2, -0.15) is 11.8 Å². The van der Waals surface area contributed by atoms with Crippen LogP contribution in [0.5, 0.6) is 0 Å². The number of esters is 1. The maximum absolute atomic E-state index is 14.0. The second-order valence-corrected chi connectivity index (χ2v) is 13.9. The van der Waals surface area contributed by atoms with Crippen molar-refractivity contribution in [1.82, 2.24) is 26.6 Å². The Morgan fingerprint density at radius 2 is 1.24 bits per heavy atom. The Kier molecular flexibility index (Phi) is 20.2. The first-order valence-corrected chi connectivity index (χ1v) is 19.8. The molecule has 0 spiro atoms. The van der Waals surface area contributed by atoms with Gasteiger partial charge in [-0.05, 0) is 48.0 Å². The first-order valence-electron chi connectivity index (χ1n) is 18.4. The van der Waals surface area contributed by atoms with E-state index in [2.05, 4.69) is 31.7 Å². The lowest BCUT2D eigenvalue weighted by Crippen LogP contribution is -2.58. The van der Waals surface area contributed by atoms with E-state index in [0.29, 0.717) is 22.4 Å². The van der Waals surface area contributed by atoms with Gasteiger partial charge in [-0.3, -0.25) is 19.2 Å². The molecule has 0 unspecified atom stereocenters. The van der Waals surface area contributed by atoms with Crippen LogP contribution in [0.25, 0.3) is 0 Å². The summed E-state index contributed by atoms with van der Waals surface area (Å²) in [5, 5.41) is 34.7. The number of hydrazone groups is 1. The molecule has 0 bridgehead atoms. The molecule has 20 heteroatoms. The van der Waals surface area contributed by atoms with E-state index in [1.165, 1.54) is 11.8 Å². The number of thioether (sulfide) groups is 1. The minimum Gasteiger partial charge on any atom is -0.480 e. The molecule has 59 heavy (non-hydrogen) atoms. The standard InChI is InChI=1S/C39H48N8O11S/c1-59-21-19-29(34(49)43-30(37(52)53)18-11-20-41-38(40)46-47(55)56)42-35(50)31(22-26-12-5-2-6-13-26)44-36(51)32(23-33(48)57-24-27-14-7-3-8-15-27)45-39(54)58-25-28-16-9-4-10-17-28/h2-10,12-17,29-32H,11,18-25H2,1H3,(H,42,50)(H,43,49)(H,44,51)(H,45,54)(H,52,53)(H3,40,41,46)/t29-,30-,31-,32-/m0/s1. The number of nitrogens with one attached hydrogen (secondary N) is 5. The highest BCUT2D eigenvalue weighted by molar-refractivity contribution is 7.98. The molecule has 0 heterocycles. The van der Waals surface area contributed by atoms with Gasteiger partial charge in [-0.1, -0.05) is 91.0 Å². The Bertz CT molecular complexity index is 1820. The summed E-state index contributed by atoms with van der Waals surface area (Å²) in [5.41, 5.74) is 7.37.